The predicted molar refractivity (Wildman–Crippen MR) is 38.2 cm³/mol. The summed E-state index contributed by atoms with van der Waals surface area (Å²) >= 11 is 0. The predicted octanol–water partition coefficient (Wildman–Crippen LogP) is -0.128. The maximum atomic E-state index is 9.11. The Bertz CT molecular complexity index is 109. The summed E-state index contributed by atoms with van der Waals surface area (Å²) in [5.74, 6) is -2.35. The summed E-state index contributed by atoms with van der Waals surface area (Å²) in [7, 11) is 0. The van der Waals surface area contributed by atoms with Crippen molar-refractivity contribution < 1.29 is 15.3 Å². The second-order valence-corrected chi connectivity index (χ2v) is 2.45. The summed E-state index contributed by atoms with van der Waals surface area (Å²) in [6.07, 6.45) is 1.49. The van der Waals surface area contributed by atoms with Crippen LogP contribution in [0.1, 0.15) is 13.3 Å². The third-order valence-electron chi connectivity index (χ3n) is 1.51. The standard InChI is InChI=1S/C7H14O3/c1-3-4-7(9,10)6(2)5-8/h3,6,8-10H,1,4-5H2,2H3. The molecule has 3 N–H and O–H groups in total. The molecule has 1 atom stereocenters. The third kappa shape index (κ3) is 2.47. The highest BCUT2D eigenvalue weighted by molar-refractivity contribution is 4.81. The zero-order chi connectivity index (χ0) is 8.20. The molecule has 0 aromatic rings. The van der Waals surface area contributed by atoms with Crippen LogP contribution in [0.3, 0.4) is 0 Å². The summed E-state index contributed by atoms with van der Waals surface area (Å²) in [4.78, 5) is 0. The van der Waals surface area contributed by atoms with Crippen molar-refractivity contribution in [3.8, 4) is 0 Å². The quantitative estimate of drug-likeness (QED) is 0.382. The topological polar surface area (TPSA) is 60.7 Å². The second-order valence-electron chi connectivity index (χ2n) is 2.45. The molecule has 0 aliphatic heterocycles. The molecular formula is C7H14O3. The van der Waals surface area contributed by atoms with Crippen molar-refractivity contribution in [2.45, 2.75) is 19.1 Å². The van der Waals surface area contributed by atoms with E-state index < -0.39 is 11.7 Å². The molecule has 0 saturated heterocycles. The van der Waals surface area contributed by atoms with E-state index in [1.807, 2.05) is 0 Å². The van der Waals surface area contributed by atoms with Crippen LogP contribution in [0.4, 0.5) is 0 Å². The Labute approximate surface area is 60.6 Å². The monoisotopic (exact) mass is 146 g/mol. The van der Waals surface area contributed by atoms with E-state index in [1.54, 1.807) is 6.92 Å². The molecule has 3 heteroatoms. The molecule has 0 aliphatic rings. The zero-order valence-electron chi connectivity index (χ0n) is 6.12. The van der Waals surface area contributed by atoms with Gasteiger partial charge in [-0.3, -0.25) is 0 Å². The van der Waals surface area contributed by atoms with Gasteiger partial charge in [0.2, 0.25) is 0 Å². The third-order valence-corrected chi connectivity index (χ3v) is 1.51. The molecule has 0 bridgehead atoms. The Morgan fingerprint density at radius 3 is 2.40 bits per heavy atom. The van der Waals surface area contributed by atoms with Crippen molar-refractivity contribution in [3.63, 3.8) is 0 Å². The molecule has 60 valence electrons. The fraction of sp³-hybridized carbons (Fsp3) is 0.714. The zero-order valence-corrected chi connectivity index (χ0v) is 6.12. The van der Waals surface area contributed by atoms with Gasteiger partial charge in [0.25, 0.3) is 0 Å². The molecule has 0 fully saturated rings. The van der Waals surface area contributed by atoms with Crippen LogP contribution in [-0.4, -0.2) is 27.7 Å². The average molecular weight is 146 g/mol. The van der Waals surface area contributed by atoms with Crippen LogP contribution in [-0.2, 0) is 0 Å². The Hall–Kier alpha value is -0.380. The number of hydrogen-bond donors (Lipinski definition) is 3. The summed E-state index contributed by atoms with van der Waals surface area (Å²) in [6.45, 7) is 4.68. The highest BCUT2D eigenvalue weighted by Crippen LogP contribution is 2.17. The van der Waals surface area contributed by atoms with Gasteiger partial charge in [-0.05, 0) is 0 Å². The summed E-state index contributed by atoms with van der Waals surface area (Å²) in [5.41, 5.74) is 0. The highest BCUT2D eigenvalue weighted by atomic mass is 16.5. The van der Waals surface area contributed by atoms with E-state index in [2.05, 4.69) is 6.58 Å². The summed E-state index contributed by atoms with van der Waals surface area (Å²) < 4.78 is 0. The maximum Gasteiger partial charge on any atom is 0.170 e. The first kappa shape index (κ1) is 9.62. The minimum absolute atomic E-state index is 0.0781. The largest absolute Gasteiger partial charge is 0.396 e. The maximum absolute atomic E-state index is 9.11. The van der Waals surface area contributed by atoms with Crippen LogP contribution >= 0.6 is 0 Å². The van der Waals surface area contributed by atoms with Crippen LogP contribution in [0.25, 0.3) is 0 Å². The van der Waals surface area contributed by atoms with Crippen molar-refractivity contribution in [2.75, 3.05) is 6.61 Å². The smallest absolute Gasteiger partial charge is 0.170 e. The Balaban J connectivity index is 3.94. The Kier molecular flexibility index (Phi) is 3.57. The van der Waals surface area contributed by atoms with Gasteiger partial charge in [0.05, 0.1) is 6.61 Å². The van der Waals surface area contributed by atoms with E-state index >= 15 is 0 Å². The van der Waals surface area contributed by atoms with E-state index in [9.17, 15) is 0 Å². The summed E-state index contributed by atoms with van der Waals surface area (Å²) in [5, 5.41) is 26.8. The molecule has 0 rings (SSSR count). The highest BCUT2D eigenvalue weighted by Gasteiger charge is 2.28. The molecular weight excluding hydrogens is 132 g/mol. The number of rotatable bonds is 4. The lowest BCUT2D eigenvalue weighted by molar-refractivity contribution is -0.200. The van der Waals surface area contributed by atoms with Crippen LogP contribution in [0.2, 0.25) is 0 Å². The van der Waals surface area contributed by atoms with Crippen molar-refractivity contribution in [2.24, 2.45) is 5.92 Å². The first-order valence-corrected chi connectivity index (χ1v) is 3.21. The van der Waals surface area contributed by atoms with Gasteiger partial charge in [-0.25, -0.2) is 0 Å². The van der Waals surface area contributed by atoms with Crippen molar-refractivity contribution in [1.29, 1.82) is 0 Å². The molecule has 0 radical (unpaired) electrons. The van der Waals surface area contributed by atoms with E-state index in [0.717, 1.165) is 0 Å². The van der Waals surface area contributed by atoms with Gasteiger partial charge >= 0.3 is 0 Å². The molecule has 10 heavy (non-hydrogen) atoms. The first-order valence-electron chi connectivity index (χ1n) is 3.21. The van der Waals surface area contributed by atoms with Gasteiger partial charge in [0.1, 0.15) is 0 Å². The minimum atomic E-state index is -1.81. The van der Waals surface area contributed by atoms with E-state index in [0.29, 0.717) is 0 Å². The molecule has 3 nitrogen and oxygen atoms in total. The van der Waals surface area contributed by atoms with Gasteiger partial charge in [0.15, 0.2) is 5.79 Å². The van der Waals surface area contributed by atoms with Crippen LogP contribution < -0.4 is 0 Å². The van der Waals surface area contributed by atoms with Crippen LogP contribution in [0, 0.1) is 5.92 Å². The van der Waals surface area contributed by atoms with Crippen LogP contribution in [0.15, 0.2) is 12.7 Å². The Morgan fingerprint density at radius 2 is 2.10 bits per heavy atom. The minimum Gasteiger partial charge on any atom is -0.396 e. The van der Waals surface area contributed by atoms with E-state index in [-0.39, 0.29) is 13.0 Å². The van der Waals surface area contributed by atoms with Gasteiger partial charge in [0, 0.05) is 12.3 Å². The molecule has 0 saturated carbocycles. The molecule has 0 spiro atoms. The first-order chi connectivity index (χ1) is 4.54. The molecule has 1 unspecified atom stereocenters. The van der Waals surface area contributed by atoms with Crippen molar-refractivity contribution in [1.82, 2.24) is 0 Å². The SMILES string of the molecule is C=CCC(O)(O)C(C)CO. The van der Waals surface area contributed by atoms with E-state index in [4.69, 9.17) is 15.3 Å². The lowest BCUT2D eigenvalue weighted by Gasteiger charge is -2.25. The van der Waals surface area contributed by atoms with Crippen molar-refractivity contribution >= 4 is 0 Å². The second kappa shape index (κ2) is 3.71. The number of aliphatic hydroxyl groups excluding tert-OH is 1. The Morgan fingerprint density at radius 1 is 1.60 bits per heavy atom. The number of hydrogen-bond acceptors (Lipinski definition) is 3. The fourth-order valence-corrected chi connectivity index (χ4v) is 0.560. The summed E-state index contributed by atoms with van der Waals surface area (Å²) in [6, 6.07) is 0. The average Bonchev–Trinajstić information content (AvgIpc) is 1.86. The normalized spacial score (nSPS) is 14.8. The molecule has 0 heterocycles. The van der Waals surface area contributed by atoms with Gasteiger partial charge in [-0.2, -0.15) is 0 Å². The molecule has 0 aromatic carbocycles. The fourth-order valence-electron chi connectivity index (χ4n) is 0.560. The molecule has 0 aromatic heterocycles. The van der Waals surface area contributed by atoms with Gasteiger partial charge in [-0.1, -0.05) is 13.0 Å². The van der Waals surface area contributed by atoms with Crippen molar-refractivity contribution in [3.05, 3.63) is 12.7 Å². The lowest BCUT2D eigenvalue weighted by atomic mass is 9.99. The lowest BCUT2D eigenvalue weighted by Crippen LogP contribution is -2.37. The van der Waals surface area contributed by atoms with Gasteiger partial charge < -0.3 is 15.3 Å². The van der Waals surface area contributed by atoms with Crippen LogP contribution in [0.5, 0.6) is 0 Å². The molecule has 0 amide bonds. The van der Waals surface area contributed by atoms with Gasteiger partial charge in [-0.15, -0.1) is 6.58 Å². The van der Waals surface area contributed by atoms with E-state index in [1.165, 1.54) is 6.08 Å². The molecule has 0 aliphatic carbocycles. The number of aliphatic hydroxyl groups is 3.